The summed E-state index contributed by atoms with van der Waals surface area (Å²) >= 11 is 0. The first-order valence-electron chi connectivity index (χ1n) is 11.3. The summed E-state index contributed by atoms with van der Waals surface area (Å²) in [4.78, 5) is 29.2. The standard InChI is InChI=1S/C26H30FN5O/c1-16-13-17(2)30-25(29-16)31-19-14-18(3)28-22(15-19)23-11-8-12-32(23)24(33)26(4,5)20-9-6-7-10-21(20)27/h6-7,9-10,13-15,23H,8,11-12H2,1-5H3,(H,28,29,30,31)/t23-/m0/s1. The van der Waals surface area contributed by atoms with Gasteiger partial charge in [-0.15, -0.1) is 0 Å². The van der Waals surface area contributed by atoms with Crippen LogP contribution in [0, 0.1) is 26.6 Å². The number of halogens is 1. The van der Waals surface area contributed by atoms with Crippen LogP contribution in [-0.2, 0) is 10.2 Å². The molecule has 0 saturated carbocycles. The van der Waals surface area contributed by atoms with E-state index in [4.69, 9.17) is 4.98 Å². The molecule has 1 aromatic carbocycles. The van der Waals surface area contributed by atoms with Crippen molar-refractivity contribution in [3.8, 4) is 0 Å². The molecule has 0 spiro atoms. The van der Waals surface area contributed by atoms with Crippen LogP contribution < -0.4 is 5.32 Å². The number of benzene rings is 1. The fourth-order valence-electron chi connectivity index (χ4n) is 4.61. The number of nitrogens with zero attached hydrogens (tertiary/aromatic N) is 4. The van der Waals surface area contributed by atoms with Crippen LogP contribution in [0.4, 0.5) is 16.0 Å². The molecule has 33 heavy (non-hydrogen) atoms. The third kappa shape index (κ3) is 4.72. The maximum absolute atomic E-state index is 14.5. The van der Waals surface area contributed by atoms with Crippen LogP contribution in [-0.4, -0.2) is 32.3 Å². The van der Waals surface area contributed by atoms with Crippen LogP contribution in [0.1, 0.15) is 61.1 Å². The normalized spacial score (nSPS) is 16.2. The van der Waals surface area contributed by atoms with E-state index in [-0.39, 0.29) is 17.8 Å². The van der Waals surface area contributed by atoms with E-state index in [0.29, 0.717) is 18.1 Å². The van der Waals surface area contributed by atoms with Crippen LogP contribution in [0.3, 0.4) is 0 Å². The van der Waals surface area contributed by atoms with Crippen molar-refractivity contribution < 1.29 is 9.18 Å². The van der Waals surface area contributed by atoms with E-state index >= 15 is 0 Å². The number of pyridine rings is 1. The Morgan fingerprint density at radius 3 is 2.39 bits per heavy atom. The quantitative estimate of drug-likeness (QED) is 0.573. The molecule has 1 saturated heterocycles. The predicted molar refractivity (Wildman–Crippen MR) is 127 cm³/mol. The van der Waals surface area contributed by atoms with Gasteiger partial charge in [-0.3, -0.25) is 9.78 Å². The highest BCUT2D eigenvalue weighted by molar-refractivity contribution is 5.88. The number of nitrogens with one attached hydrogen (secondary N) is 1. The van der Waals surface area contributed by atoms with Gasteiger partial charge in [0.25, 0.3) is 0 Å². The Bertz CT molecular complexity index is 1170. The Hall–Kier alpha value is -3.35. The van der Waals surface area contributed by atoms with E-state index < -0.39 is 5.41 Å². The van der Waals surface area contributed by atoms with E-state index in [1.165, 1.54) is 6.07 Å². The second-order valence-electron chi connectivity index (χ2n) is 9.28. The molecule has 3 aromatic rings. The number of anilines is 2. The number of hydrogen-bond donors (Lipinski definition) is 1. The fourth-order valence-corrected chi connectivity index (χ4v) is 4.61. The molecule has 3 heterocycles. The van der Waals surface area contributed by atoms with Crippen LogP contribution in [0.2, 0.25) is 0 Å². The first-order valence-corrected chi connectivity index (χ1v) is 11.3. The monoisotopic (exact) mass is 447 g/mol. The maximum atomic E-state index is 14.5. The fraction of sp³-hybridized carbons (Fsp3) is 0.385. The molecule has 172 valence electrons. The molecule has 2 aromatic heterocycles. The van der Waals surface area contributed by atoms with E-state index in [1.807, 2.05) is 43.9 Å². The Morgan fingerprint density at radius 2 is 1.70 bits per heavy atom. The van der Waals surface area contributed by atoms with Crippen molar-refractivity contribution in [2.45, 2.75) is 58.9 Å². The lowest BCUT2D eigenvalue weighted by Crippen LogP contribution is -2.43. The van der Waals surface area contributed by atoms with Gasteiger partial charge in [0.05, 0.1) is 17.2 Å². The van der Waals surface area contributed by atoms with Gasteiger partial charge in [0.2, 0.25) is 11.9 Å². The Labute approximate surface area is 194 Å². The highest BCUT2D eigenvalue weighted by Gasteiger charge is 2.41. The van der Waals surface area contributed by atoms with Crippen molar-refractivity contribution in [2.24, 2.45) is 0 Å². The zero-order valence-corrected chi connectivity index (χ0v) is 19.8. The van der Waals surface area contributed by atoms with Gasteiger partial charge in [-0.25, -0.2) is 14.4 Å². The van der Waals surface area contributed by atoms with Crippen molar-refractivity contribution in [2.75, 3.05) is 11.9 Å². The average molecular weight is 448 g/mol. The number of aromatic nitrogens is 3. The molecule has 1 N–H and O–H groups in total. The number of hydrogen-bond acceptors (Lipinski definition) is 5. The molecule has 1 amide bonds. The van der Waals surface area contributed by atoms with E-state index in [1.54, 1.807) is 32.0 Å². The smallest absolute Gasteiger partial charge is 0.233 e. The zero-order valence-electron chi connectivity index (χ0n) is 19.8. The molecule has 4 rings (SSSR count). The molecule has 0 aliphatic carbocycles. The topological polar surface area (TPSA) is 71.0 Å². The largest absolute Gasteiger partial charge is 0.333 e. The van der Waals surface area contributed by atoms with Crippen molar-refractivity contribution in [3.63, 3.8) is 0 Å². The molecule has 1 atom stereocenters. The second-order valence-corrected chi connectivity index (χ2v) is 9.28. The molecular weight excluding hydrogens is 417 g/mol. The lowest BCUT2D eigenvalue weighted by Gasteiger charge is -2.33. The van der Waals surface area contributed by atoms with Gasteiger partial charge < -0.3 is 10.2 Å². The summed E-state index contributed by atoms with van der Waals surface area (Å²) in [7, 11) is 0. The van der Waals surface area contributed by atoms with Crippen molar-refractivity contribution in [3.05, 3.63) is 76.6 Å². The third-order valence-electron chi connectivity index (χ3n) is 6.15. The maximum Gasteiger partial charge on any atom is 0.233 e. The third-order valence-corrected chi connectivity index (χ3v) is 6.15. The average Bonchev–Trinajstić information content (AvgIpc) is 3.22. The number of carbonyl (C=O) groups is 1. The second kappa shape index (κ2) is 8.89. The Kier molecular flexibility index (Phi) is 6.15. The number of likely N-dealkylation sites (tertiary alicyclic amines) is 1. The molecule has 1 aliphatic rings. The van der Waals surface area contributed by atoms with Gasteiger partial charge in [-0.2, -0.15) is 0 Å². The number of rotatable bonds is 5. The summed E-state index contributed by atoms with van der Waals surface area (Å²) in [6, 6.07) is 12.2. The summed E-state index contributed by atoms with van der Waals surface area (Å²) in [5.41, 5.74) is 3.69. The van der Waals surface area contributed by atoms with Gasteiger partial charge in [0.15, 0.2) is 0 Å². The molecule has 0 radical (unpaired) electrons. The Balaban J connectivity index is 1.63. The van der Waals surface area contributed by atoms with Crippen LogP contribution in [0.25, 0.3) is 0 Å². The molecule has 1 aliphatic heterocycles. The Morgan fingerprint density at radius 1 is 1.03 bits per heavy atom. The van der Waals surface area contributed by atoms with Gasteiger partial charge in [0, 0.05) is 34.9 Å². The van der Waals surface area contributed by atoms with Crippen LogP contribution in [0.15, 0.2) is 42.5 Å². The van der Waals surface area contributed by atoms with Crippen LogP contribution >= 0.6 is 0 Å². The lowest BCUT2D eigenvalue weighted by molar-refractivity contribution is -0.137. The molecule has 7 heteroatoms. The minimum absolute atomic E-state index is 0.0921. The molecule has 0 unspecified atom stereocenters. The number of aryl methyl sites for hydroxylation is 3. The minimum atomic E-state index is -0.980. The van der Waals surface area contributed by atoms with Gasteiger partial charge in [0.1, 0.15) is 5.82 Å². The highest BCUT2D eigenvalue weighted by atomic mass is 19.1. The summed E-state index contributed by atoms with van der Waals surface area (Å²) in [6.07, 6.45) is 1.69. The zero-order chi connectivity index (χ0) is 23.8. The van der Waals surface area contributed by atoms with Gasteiger partial charge >= 0.3 is 0 Å². The summed E-state index contributed by atoms with van der Waals surface area (Å²) in [5, 5.41) is 3.28. The summed E-state index contributed by atoms with van der Waals surface area (Å²) in [5.74, 6) is 0.0786. The predicted octanol–water partition coefficient (Wildman–Crippen LogP) is 5.32. The van der Waals surface area contributed by atoms with E-state index in [0.717, 1.165) is 41.3 Å². The van der Waals surface area contributed by atoms with Crippen molar-refractivity contribution in [1.82, 2.24) is 19.9 Å². The highest BCUT2D eigenvalue weighted by Crippen LogP contribution is 2.37. The van der Waals surface area contributed by atoms with Crippen molar-refractivity contribution >= 4 is 17.5 Å². The number of amides is 1. The molecule has 6 nitrogen and oxygen atoms in total. The number of carbonyl (C=O) groups excluding carboxylic acids is 1. The summed E-state index contributed by atoms with van der Waals surface area (Å²) in [6.45, 7) is 10.0. The van der Waals surface area contributed by atoms with E-state index in [9.17, 15) is 9.18 Å². The first kappa shape index (κ1) is 22.8. The minimum Gasteiger partial charge on any atom is -0.333 e. The van der Waals surface area contributed by atoms with Crippen molar-refractivity contribution in [1.29, 1.82) is 0 Å². The molecule has 1 fully saturated rings. The molecular formula is C26H30FN5O. The summed E-state index contributed by atoms with van der Waals surface area (Å²) < 4.78 is 14.5. The van der Waals surface area contributed by atoms with Gasteiger partial charge in [-0.1, -0.05) is 18.2 Å². The van der Waals surface area contributed by atoms with E-state index in [2.05, 4.69) is 15.3 Å². The molecule has 0 bridgehead atoms. The lowest BCUT2D eigenvalue weighted by atomic mass is 9.82. The first-order chi connectivity index (χ1) is 15.6. The van der Waals surface area contributed by atoms with Gasteiger partial charge in [-0.05, 0) is 71.7 Å². The SMILES string of the molecule is Cc1cc(Nc2nc(C)cc(C)n2)cc([C@@H]2CCCN2C(=O)C(C)(C)c2ccccc2F)n1. The van der Waals surface area contributed by atoms with Crippen LogP contribution in [0.5, 0.6) is 0 Å².